The topological polar surface area (TPSA) is 74.1 Å². The number of methoxy groups -OCH3 is 1. The first kappa shape index (κ1) is 20.8. The minimum atomic E-state index is -0.587. The number of fused-ring (bicyclic) bond motifs is 1. The first-order valence-electron chi connectivity index (χ1n) is 9.67. The third-order valence-electron chi connectivity index (χ3n) is 5.14. The van der Waals surface area contributed by atoms with Crippen molar-refractivity contribution in [2.45, 2.75) is 18.9 Å². The van der Waals surface area contributed by atoms with Crippen molar-refractivity contribution in [1.82, 2.24) is 14.5 Å². The zero-order valence-corrected chi connectivity index (χ0v) is 18.5. The van der Waals surface area contributed by atoms with E-state index in [0.717, 1.165) is 27.5 Å². The van der Waals surface area contributed by atoms with Gasteiger partial charge < -0.3 is 4.74 Å². The fourth-order valence-electron chi connectivity index (χ4n) is 3.67. The second-order valence-corrected chi connectivity index (χ2v) is 7.89. The number of hydrogen-bond donors (Lipinski definition) is 0. The minimum absolute atomic E-state index is 0.172. The number of carbonyl (C=O) groups excluding carboxylic acids is 1. The van der Waals surface area contributed by atoms with Crippen LogP contribution in [0, 0.1) is 13.8 Å². The Morgan fingerprint density at radius 1 is 1.10 bits per heavy atom. The van der Waals surface area contributed by atoms with Crippen LogP contribution in [-0.4, -0.2) is 33.9 Å². The van der Waals surface area contributed by atoms with Crippen LogP contribution in [0.1, 0.15) is 21.7 Å². The fraction of sp³-hybridized carbons (Fsp3) is 0.167. The summed E-state index contributed by atoms with van der Waals surface area (Å²) in [6.07, 6.45) is 3.72. The van der Waals surface area contributed by atoms with Crippen LogP contribution in [0.3, 0.4) is 0 Å². The first-order valence-corrected chi connectivity index (χ1v) is 10.9. The van der Waals surface area contributed by atoms with E-state index < -0.39 is 5.97 Å². The molecule has 0 N–H and O–H groups in total. The molecule has 7 heteroatoms. The van der Waals surface area contributed by atoms with Gasteiger partial charge in [-0.1, -0.05) is 24.3 Å². The maximum Gasteiger partial charge on any atom is 0.355 e. The molecule has 31 heavy (non-hydrogen) atoms. The van der Waals surface area contributed by atoms with Gasteiger partial charge >= 0.3 is 5.97 Å². The van der Waals surface area contributed by atoms with E-state index in [1.807, 2.05) is 61.7 Å². The molecule has 4 rings (SSSR count). The summed E-state index contributed by atoms with van der Waals surface area (Å²) >= 11 is 1.55. The highest BCUT2D eigenvalue weighted by molar-refractivity contribution is 7.98. The van der Waals surface area contributed by atoms with Crippen molar-refractivity contribution in [2.24, 2.45) is 0 Å². The molecule has 3 heterocycles. The maximum absolute atomic E-state index is 13.5. The normalized spacial score (nSPS) is 11.0. The lowest BCUT2D eigenvalue weighted by Gasteiger charge is -2.19. The third kappa shape index (κ3) is 3.61. The number of rotatable bonds is 4. The molecular weight excluding hydrogens is 410 g/mol. The molecule has 0 spiro atoms. The zero-order chi connectivity index (χ0) is 22.1. The Balaban J connectivity index is 2.18. The Kier molecular flexibility index (Phi) is 5.61. The smallest absolute Gasteiger partial charge is 0.355 e. The SMILES string of the molecule is COC(=O)c1c(C)c(=O)c2c(-c3ccc(SC)nc3)cc(C)nc2n1-c1ccccc1. The number of aryl methyl sites for hydroxylation is 1. The predicted molar refractivity (Wildman–Crippen MR) is 123 cm³/mol. The lowest BCUT2D eigenvalue weighted by atomic mass is 10.00. The van der Waals surface area contributed by atoms with Gasteiger partial charge in [-0.2, -0.15) is 0 Å². The van der Waals surface area contributed by atoms with Crippen LogP contribution < -0.4 is 5.43 Å². The predicted octanol–water partition coefficient (Wildman–Crippen LogP) is 4.57. The summed E-state index contributed by atoms with van der Waals surface area (Å²) in [6, 6.07) is 15.1. The van der Waals surface area contributed by atoms with Gasteiger partial charge in [0.2, 0.25) is 0 Å². The quantitative estimate of drug-likeness (QED) is 0.348. The fourth-order valence-corrected chi connectivity index (χ4v) is 4.03. The van der Waals surface area contributed by atoms with Gasteiger partial charge in [0, 0.05) is 28.7 Å². The third-order valence-corrected chi connectivity index (χ3v) is 5.80. The van der Waals surface area contributed by atoms with Gasteiger partial charge in [0.25, 0.3) is 0 Å². The van der Waals surface area contributed by atoms with Crippen molar-refractivity contribution in [1.29, 1.82) is 0 Å². The minimum Gasteiger partial charge on any atom is -0.464 e. The summed E-state index contributed by atoms with van der Waals surface area (Å²) in [5.41, 5.74) is 3.63. The summed E-state index contributed by atoms with van der Waals surface area (Å²) in [7, 11) is 1.31. The van der Waals surface area contributed by atoms with Crippen LogP contribution in [0.5, 0.6) is 0 Å². The molecule has 6 nitrogen and oxygen atoms in total. The summed E-state index contributed by atoms with van der Waals surface area (Å²) < 4.78 is 6.72. The molecule has 0 aliphatic rings. The van der Waals surface area contributed by atoms with Crippen LogP contribution >= 0.6 is 11.8 Å². The van der Waals surface area contributed by atoms with E-state index in [9.17, 15) is 9.59 Å². The molecule has 0 saturated heterocycles. The highest BCUT2D eigenvalue weighted by Crippen LogP contribution is 2.30. The van der Waals surface area contributed by atoms with Crippen molar-refractivity contribution in [3.63, 3.8) is 0 Å². The molecule has 0 atom stereocenters. The maximum atomic E-state index is 13.5. The Hall–Kier alpha value is -3.45. The molecule has 4 aromatic rings. The molecular formula is C24H21N3O3S. The van der Waals surface area contributed by atoms with E-state index in [1.54, 1.807) is 29.4 Å². The number of thioether (sulfide) groups is 1. The molecule has 0 radical (unpaired) electrons. The van der Waals surface area contributed by atoms with E-state index >= 15 is 0 Å². The van der Waals surface area contributed by atoms with E-state index in [1.165, 1.54) is 7.11 Å². The number of carbonyl (C=O) groups is 1. The zero-order valence-electron chi connectivity index (χ0n) is 17.7. The van der Waals surface area contributed by atoms with Gasteiger partial charge in [0.05, 0.1) is 17.5 Å². The van der Waals surface area contributed by atoms with Crippen LogP contribution in [0.4, 0.5) is 0 Å². The number of aromatic nitrogens is 3. The van der Waals surface area contributed by atoms with Crippen molar-refractivity contribution >= 4 is 28.8 Å². The Morgan fingerprint density at radius 2 is 1.84 bits per heavy atom. The molecule has 3 aromatic heterocycles. The summed E-state index contributed by atoms with van der Waals surface area (Å²) in [5.74, 6) is -0.587. The van der Waals surface area contributed by atoms with Crippen LogP contribution in [0.15, 0.2) is 64.5 Å². The molecule has 0 unspecified atom stereocenters. The van der Waals surface area contributed by atoms with E-state index in [-0.39, 0.29) is 11.1 Å². The molecule has 1 aromatic carbocycles. The first-order chi connectivity index (χ1) is 15.0. The second-order valence-electron chi connectivity index (χ2n) is 7.06. The molecule has 0 aliphatic carbocycles. The van der Waals surface area contributed by atoms with Crippen LogP contribution in [0.2, 0.25) is 0 Å². The van der Waals surface area contributed by atoms with Crippen molar-refractivity contribution < 1.29 is 9.53 Å². The summed E-state index contributed by atoms with van der Waals surface area (Å²) in [5, 5.41) is 1.34. The Morgan fingerprint density at radius 3 is 2.45 bits per heavy atom. The lowest BCUT2D eigenvalue weighted by molar-refractivity contribution is 0.0590. The van der Waals surface area contributed by atoms with Crippen LogP contribution in [-0.2, 0) is 4.74 Å². The standard InChI is InChI=1S/C24H21N3O3S/c1-14-12-18(16-10-11-19(31-4)25-13-16)20-22(28)15(2)21(24(29)30-3)27(23(20)26-14)17-8-6-5-7-9-17/h5-13H,1-4H3. The number of esters is 1. The average Bonchev–Trinajstić information content (AvgIpc) is 2.80. The van der Waals surface area contributed by atoms with Gasteiger partial charge in [0.1, 0.15) is 11.3 Å². The lowest BCUT2D eigenvalue weighted by Crippen LogP contribution is -2.23. The Bertz CT molecular complexity index is 1350. The van der Waals surface area contributed by atoms with Gasteiger partial charge in [-0.3, -0.25) is 9.36 Å². The van der Waals surface area contributed by atoms with Gasteiger partial charge in [-0.15, -0.1) is 11.8 Å². The van der Waals surface area contributed by atoms with Gasteiger partial charge in [0.15, 0.2) is 5.43 Å². The Labute approximate surface area is 183 Å². The molecule has 0 saturated carbocycles. The monoisotopic (exact) mass is 431 g/mol. The van der Waals surface area contributed by atoms with Gasteiger partial charge in [-0.05, 0) is 49.9 Å². The van der Waals surface area contributed by atoms with E-state index in [0.29, 0.717) is 16.6 Å². The number of para-hydroxylation sites is 1. The van der Waals surface area contributed by atoms with Crippen molar-refractivity contribution in [3.8, 4) is 16.8 Å². The number of nitrogens with zero attached hydrogens (tertiary/aromatic N) is 3. The van der Waals surface area contributed by atoms with Crippen LogP contribution in [0.25, 0.3) is 27.8 Å². The number of hydrogen-bond acceptors (Lipinski definition) is 6. The molecule has 0 aliphatic heterocycles. The molecule has 0 fully saturated rings. The van der Waals surface area contributed by atoms with Gasteiger partial charge in [-0.25, -0.2) is 14.8 Å². The molecule has 0 bridgehead atoms. The van der Waals surface area contributed by atoms with Crippen molar-refractivity contribution in [2.75, 3.05) is 13.4 Å². The van der Waals surface area contributed by atoms with E-state index in [4.69, 9.17) is 4.74 Å². The highest BCUT2D eigenvalue weighted by atomic mass is 32.2. The highest BCUT2D eigenvalue weighted by Gasteiger charge is 2.24. The number of ether oxygens (including phenoxy) is 1. The molecule has 156 valence electrons. The second kappa shape index (κ2) is 8.35. The average molecular weight is 432 g/mol. The largest absolute Gasteiger partial charge is 0.464 e. The molecule has 0 amide bonds. The summed E-state index contributed by atoms with van der Waals surface area (Å²) in [6.45, 7) is 3.51. The number of pyridine rings is 3. The summed E-state index contributed by atoms with van der Waals surface area (Å²) in [4.78, 5) is 35.4. The van der Waals surface area contributed by atoms with E-state index in [2.05, 4.69) is 9.97 Å². The number of benzene rings is 1. The van der Waals surface area contributed by atoms with Crippen molar-refractivity contribution in [3.05, 3.63) is 81.9 Å².